The van der Waals surface area contributed by atoms with Gasteiger partial charge in [0.05, 0.1) is 10.0 Å². The predicted molar refractivity (Wildman–Crippen MR) is 88.0 cm³/mol. The Kier molecular flexibility index (Phi) is 5.74. The Balaban J connectivity index is 2.32. The molecule has 1 N–H and O–H groups in total. The monoisotopic (exact) mass is 327 g/mol. The third-order valence-electron chi connectivity index (χ3n) is 3.19. The average molecular weight is 329 g/mol. The molecule has 0 saturated carbocycles. The maximum Gasteiger partial charge on any atom is 0.0640 e. The summed E-state index contributed by atoms with van der Waals surface area (Å²) in [6.45, 7) is 2.91. The van der Waals surface area contributed by atoms with Crippen LogP contribution in [0.1, 0.15) is 24.1 Å². The summed E-state index contributed by atoms with van der Waals surface area (Å²) in [6.07, 6.45) is 0.771. The molecule has 2 rings (SSSR count). The minimum atomic E-state index is 0.0890. The number of rotatable bonds is 5. The maximum atomic E-state index is 6.32. The van der Waals surface area contributed by atoms with Crippen molar-refractivity contribution in [2.24, 2.45) is 0 Å². The van der Waals surface area contributed by atoms with Crippen molar-refractivity contribution in [2.45, 2.75) is 19.4 Å². The van der Waals surface area contributed by atoms with Crippen LogP contribution in [0.15, 0.2) is 42.5 Å². The van der Waals surface area contributed by atoms with E-state index < -0.39 is 0 Å². The molecule has 0 heterocycles. The van der Waals surface area contributed by atoms with Crippen LogP contribution in [0.3, 0.4) is 0 Å². The molecule has 20 heavy (non-hydrogen) atoms. The fourth-order valence-electron chi connectivity index (χ4n) is 2.21. The van der Waals surface area contributed by atoms with E-state index in [0.29, 0.717) is 10.0 Å². The van der Waals surface area contributed by atoms with Gasteiger partial charge in [-0.15, -0.1) is 0 Å². The Morgan fingerprint density at radius 2 is 1.65 bits per heavy atom. The highest BCUT2D eigenvalue weighted by Crippen LogP contribution is 2.32. The third-order valence-corrected chi connectivity index (χ3v) is 4.39. The van der Waals surface area contributed by atoms with Crippen molar-refractivity contribution in [2.75, 3.05) is 6.54 Å². The zero-order valence-corrected chi connectivity index (χ0v) is 13.4. The summed E-state index contributed by atoms with van der Waals surface area (Å²) in [5, 5.41) is 5.39. The molecule has 4 heteroatoms. The smallest absolute Gasteiger partial charge is 0.0640 e. The van der Waals surface area contributed by atoms with Crippen LogP contribution in [0.4, 0.5) is 0 Å². The van der Waals surface area contributed by atoms with E-state index in [-0.39, 0.29) is 6.04 Å². The Morgan fingerprint density at radius 1 is 0.950 bits per heavy atom. The molecule has 0 radical (unpaired) electrons. The first-order valence-corrected chi connectivity index (χ1v) is 7.67. The van der Waals surface area contributed by atoms with Gasteiger partial charge >= 0.3 is 0 Å². The Bertz CT molecular complexity index is 584. The molecule has 0 aromatic heterocycles. The van der Waals surface area contributed by atoms with E-state index in [1.54, 1.807) is 6.07 Å². The molecule has 0 amide bonds. The fourth-order valence-corrected chi connectivity index (χ4v) is 2.86. The molecular weight excluding hydrogens is 313 g/mol. The lowest BCUT2D eigenvalue weighted by atomic mass is 9.98. The van der Waals surface area contributed by atoms with E-state index in [0.717, 1.165) is 29.1 Å². The second-order valence-electron chi connectivity index (χ2n) is 4.55. The average Bonchev–Trinajstić information content (AvgIpc) is 2.44. The number of hydrogen-bond acceptors (Lipinski definition) is 1. The van der Waals surface area contributed by atoms with Crippen LogP contribution < -0.4 is 5.32 Å². The Labute approximate surface area is 134 Å². The summed E-state index contributed by atoms with van der Waals surface area (Å²) >= 11 is 18.7. The molecular formula is C16H16Cl3N. The van der Waals surface area contributed by atoms with Gasteiger partial charge in [-0.05, 0) is 36.2 Å². The number of nitrogens with one attached hydrogen (secondary N) is 1. The fraction of sp³-hybridized carbons (Fsp3) is 0.250. The topological polar surface area (TPSA) is 12.0 Å². The second-order valence-corrected chi connectivity index (χ2v) is 5.74. The quantitative estimate of drug-likeness (QED) is 0.760. The number of likely N-dealkylation sites (N-methyl/N-ethyl adjacent to an activating group) is 1. The second kappa shape index (κ2) is 7.33. The van der Waals surface area contributed by atoms with Gasteiger partial charge in [-0.25, -0.2) is 0 Å². The van der Waals surface area contributed by atoms with Crippen molar-refractivity contribution in [1.82, 2.24) is 5.32 Å². The van der Waals surface area contributed by atoms with Crippen LogP contribution in [0.5, 0.6) is 0 Å². The first-order chi connectivity index (χ1) is 9.63. The van der Waals surface area contributed by atoms with Crippen LogP contribution in [-0.2, 0) is 6.42 Å². The Hall–Kier alpha value is -0.730. The molecule has 0 aliphatic rings. The summed E-state index contributed by atoms with van der Waals surface area (Å²) in [6, 6.07) is 13.7. The molecule has 0 spiro atoms. The molecule has 1 nitrogen and oxygen atoms in total. The van der Waals surface area contributed by atoms with E-state index >= 15 is 0 Å². The Morgan fingerprint density at radius 3 is 2.35 bits per heavy atom. The molecule has 0 saturated heterocycles. The van der Waals surface area contributed by atoms with Crippen molar-refractivity contribution in [3.63, 3.8) is 0 Å². The molecule has 0 bridgehead atoms. The summed E-state index contributed by atoms with van der Waals surface area (Å²) in [5.41, 5.74) is 2.09. The zero-order valence-electron chi connectivity index (χ0n) is 11.2. The maximum absolute atomic E-state index is 6.32. The number of hydrogen-bond donors (Lipinski definition) is 1. The number of halogens is 3. The van der Waals surface area contributed by atoms with Gasteiger partial charge in [0.2, 0.25) is 0 Å². The molecule has 0 fully saturated rings. The van der Waals surface area contributed by atoms with Gasteiger partial charge in [-0.2, -0.15) is 0 Å². The highest BCUT2D eigenvalue weighted by atomic mass is 35.5. The summed E-state index contributed by atoms with van der Waals surface area (Å²) < 4.78 is 0. The van der Waals surface area contributed by atoms with Crippen molar-refractivity contribution in [1.29, 1.82) is 0 Å². The van der Waals surface area contributed by atoms with Crippen LogP contribution in [-0.4, -0.2) is 6.54 Å². The SMILES string of the molecule is CCNC(Cc1ccccc1Cl)c1cccc(Cl)c1Cl. The lowest BCUT2D eigenvalue weighted by Crippen LogP contribution is -2.23. The lowest BCUT2D eigenvalue weighted by Gasteiger charge is -2.20. The van der Waals surface area contributed by atoms with E-state index in [4.69, 9.17) is 34.8 Å². The van der Waals surface area contributed by atoms with Crippen LogP contribution in [0.25, 0.3) is 0 Å². The van der Waals surface area contributed by atoms with Gasteiger partial charge in [-0.3, -0.25) is 0 Å². The largest absolute Gasteiger partial charge is 0.310 e. The van der Waals surface area contributed by atoms with Crippen LogP contribution >= 0.6 is 34.8 Å². The van der Waals surface area contributed by atoms with E-state index in [9.17, 15) is 0 Å². The summed E-state index contributed by atoms with van der Waals surface area (Å²) in [4.78, 5) is 0. The first kappa shape index (κ1) is 15.7. The van der Waals surface area contributed by atoms with Gasteiger partial charge < -0.3 is 5.32 Å². The van der Waals surface area contributed by atoms with Gasteiger partial charge in [-0.1, -0.05) is 72.1 Å². The van der Waals surface area contributed by atoms with E-state index in [1.165, 1.54) is 0 Å². The van der Waals surface area contributed by atoms with Crippen molar-refractivity contribution < 1.29 is 0 Å². The highest BCUT2D eigenvalue weighted by molar-refractivity contribution is 6.42. The normalized spacial score (nSPS) is 12.4. The van der Waals surface area contributed by atoms with Crippen LogP contribution in [0, 0.1) is 0 Å². The van der Waals surface area contributed by atoms with Gasteiger partial charge in [0.1, 0.15) is 0 Å². The predicted octanol–water partition coefficient (Wildman–Crippen LogP) is 5.54. The standard InChI is InChI=1S/C16H16Cl3N/c1-2-20-15(10-11-6-3-4-8-13(11)17)12-7-5-9-14(18)16(12)19/h3-9,15,20H,2,10H2,1H3. The minimum Gasteiger partial charge on any atom is -0.310 e. The van der Waals surface area contributed by atoms with E-state index in [1.807, 2.05) is 36.4 Å². The summed E-state index contributed by atoms with van der Waals surface area (Å²) in [7, 11) is 0. The lowest BCUT2D eigenvalue weighted by molar-refractivity contribution is 0.550. The van der Waals surface area contributed by atoms with Crippen molar-refractivity contribution in [3.05, 3.63) is 68.7 Å². The molecule has 106 valence electrons. The zero-order chi connectivity index (χ0) is 14.5. The number of benzene rings is 2. The summed E-state index contributed by atoms with van der Waals surface area (Å²) in [5.74, 6) is 0. The van der Waals surface area contributed by atoms with E-state index in [2.05, 4.69) is 12.2 Å². The van der Waals surface area contributed by atoms with Crippen molar-refractivity contribution in [3.8, 4) is 0 Å². The molecule has 1 atom stereocenters. The third kappa shape index (κ3) is 3.67. The van der Waals surface area contributed by atoms with Crippen molar-refractivity contribution >= 4 is 34.8 Å². The highest BCUT2D eigenvalue weighted by Gasteiger charge is 2.17. The molecule has 0 aliphatic carbocycles. The molecule has 2 aromatic rings. The van der Waals surface area contributed by atoms with Crippen LogP contribution in [0.2, 0.25) is 15.1 Å². The van der Waals surface area contributed by atoms with Gasteiger partial charge in [0.15, 0.2) is 0 Å². The first-order valence-electron chi connectivity index (χ1n) is 6.54. The molecule has 0 aliphatic heterocycles. The van der Waals surface area contributed by atoms with Gasteiger partial charge in [0.25, 0.3) is 0 Å². The minimum absolute atomic E-state index is 0.0890. The van der Waals surface area contributed by atoms with Gasteiger partial charge in [0, 0.05) is 11.1 Å². The molecule has 1 unspecified atom stereocenters. The molecule has 2 aromatic carbocycles.